The van der Waals surface area contributed by atoms with E-state index in [1.165, 1.54) is 5.56 Å². The monoisotopic (exact) mass is 164 g/mol. The minimum atomic E-state index is 0.482. The Morgan fingerprint density at radius 3 is 2.75 bits per heavy atom. The van der Waals surface area contributed by atoms with Crippen LogP contribution >= 0.6 is 0 Å². The molecule has 0 aliphatic carbocycles. The highest BCUT2D eigenvalue weighted by Crippen LogP contribution is 2.15. The van der Waals surface area contributed by atoms with Crippen LogP contribution in [0.15, 0.2) is 18.3 Å². The van der Waals surface area contributed by atoms with E-state index in [2.05, 4.69) is 24.0 Å². The highest BCUT2D eigenvalue weighted by atomic mass is 14.7. The van der Waals surface area contributed by atoms with Gasteiger partial charge in [0.05, 0.1) is 0 Å². The fraction of sp³-hybridized carbons (Fsp3) is 0.500. The number of nitrogens with zero attached hydrogens (tertiary/aromatic N) is 1. The Morgan fingerprint density at radius 1 is 1.50 bits per heavy atom. The SMILES string of the molecule is Cc1ccc(C(C)CCN)nc1. The van der Waals surface area contributed by atoms with Crippen molar-refractivity contribution in [1.82, 2.24) is 4.98 Å². The van der Waals surface area contributed by atoms with Gasteiger partial charge in [-0.15, -0.1) is 0 Å². The number of aryl methyl sites for hydroxylation is 1. The van der Waals surface area contributed by atoms with Crippen LogP contribution in [-0.4, -0.2) is 11.5 Å². The first-order chi connectivity index (χ1) is 5.74. The Kier molecular flexibility index (Phi) is 3.23. The van der Waals surface area contributed by atoms with E-state index >= 15 is 0 Å². The molecule has 1 aromatic heterocycles. The van der Waals surface area contributed by atoms with Gasteiger partial charge in [0.2, 0.25) is 0 Å². The van der Waals surface area contributed by atoms with Crippen LogP contribution in [0.5, 0.6) is 0 Å². The second kappa shape index (κ2) is 4.21. The number of hydrogen-bond acceptors (Lipinski definition) is 2. The van der Waals surface area contributed by atoms with E-state index in [0.717, 1.165) is 18.7 Å². The van der Waals surface area contributed by atoms with E-state index < -0.39 is 0 Å². The van der Waals surface area contributed by atoms with Crippen LogP contribution in [0.2, 0.25) is 0 Å². The third-order valence-corrected chi connectivity index (χ3v) is 2.04. The summed E-state index contributed by atoms with van der Waals surface area (Å²) in [6.07, 6.45) is 2.92. The predicted octanol–water partition coefficient (Wildman–Crippen LogP) is 1.84. The number of rotatable bonds is 3. The van der Waals surface area contributed by atoms with Gasteiger partial charge in [-0.25, -0.2) is 0 Å². The molecule has 2 N–H and O–H groups in total. The van der Waals surface area contributed by atoms with Gasteiger partial charge < -0.3 is 5.73 Å². The van der Waals surface area contributed by atoms with E-state index in [9.17, 15) is 0 Å². The molecule has 0 saturated carbocycles. The average molecular weight is 164 g/mol. The van der Waals surface area contributed by atoms with E-state index in [1.807, 2.05) is 13.1 Å². The first kappa shape index (κ1) is 9.20. The Morgan fingerprint density at radius 2 is 2.25 bits per heavy atom. The maximum atomic E-state index is 5.47. The second-order valence-corrected chi connectivity index (χ2v) is 3.24. The van der Waals surface area contributed by atoms with Crippen molar-refractivity contribution in [2.75, 3.05) is 6.54 Å². The fourth-order valence-corrected chi connectivity index (χ4v) is 1.17. The minimum Gasteiger partial charge on any atom is -0.330 e. The van der Waals surface area contributed by atoms with Gasteiger partial charge in [0.25, 0.3) is 0 Å². The zero-order chi connectivity index (χ0) is 8.97. The van der Waals surface area contributed by atoms with Crippen molar-refractivity contribution in [2.45, 2.75) is 26.2 Å². The molecule has 0 aliphatic heterocycles. The maximum Gasteiger partial charge on any atom is 0.0432 e. The van der Waals surface area contributed by atoms with Crippen LogP contribution in [-0.2, 0) is 0 Å². The molecule has 1 unspecified atom stereocenters. The molecule has 0 fully saturated rings. The van der Waals surface area contributed by atoms with Crippen molar-refractivity contribution < 1.29 is 0 Å². The molecule has 1 heterocycles. The molecule has 0 bridgehead atoms. The molecule has 66 valence electrons. The molecule has 12 heavy (non-hydrogen) atoms. The number of pyridine rings is 1. The molecule has 1 atom stereocenters. The van der Waals surface area contributed by atoms with Gasteiger partial charge in [-0.05, 0) is 37.4 Å². The van der Waals surface area contributed by atoms with Crippen LogP contribution in [0.1, 0.15) is 30.5 Å². The molecule has 1 aromatic rings. The largest absolute Gasteiger partial charge is 0.330 e. The highest BCUT2D eigenvalue weighted by Gasteiger charge is 2.04. The Labute approximate surface area is 73.8 Å². The van der Waals surface area contributed by atoms with E-state index in [-0.39, 0.29) is 0 Å². The summed E-state index contributed by atoms with van der Waals surface area (Å²) in [6, 6.07) is 4.17. The highest BCUT2D eigenvalue weighted by molar-refractivity contribution is 5.14. The van der Waals surface area contributed by atoms with Gasteiger partial charge in [-0.2, -0.15) is 0 Å². The molecular formula is C10H16N2. The number of hydrogen-bond donors (Lipinski definition) is 1. The lowest BCUT2D eigenvalue weighted by Gasteiger charge is -2.08. The molecular weight excluding hydrogens is 148 g/mol. The third kappa shape index (κ3) is 2.31. The smallest absolute Gasteiger partial charge is 0.0432 e. The normalized spacial score (nSPS) is 12.9. The topological polar surface area (TPSA) is 38.9 Å². The van der Waals surface area contributed by atoms with Gasteiger partial charge in [0.15, 0.2) is 0 Å². The first-order valence-electron chi connectivity index (χ1n) is 4.36. The van der Waals surface area contributed by atoms with Crippen molar-refractivity contribution in [1.29, 1.82) is 0 Å². The second-order valence-electron chi connectivity index (χ2n) is 3.24. The zero-order valence-corrected chi connectivity index (χ0v) is 7.75. The Hall–Kier alpha value is -0.890. The van der Waals surface area contributed by atoms with Gasteiger partial charge in [0.1, 0.15) is 0 Å². The minimum absolute atomic E-state index is 0.482. The lowest BCUT2D eigenvalue weighted by molar-refractivity contribution is 0.670. The third-order valence-electron chi connectivity index (χ3n) is 2.04. The van der Waals surface area contributed by atoms with Crippen molar-refractivity contribution in [3.63, 3.8) is 0 Å². The molecule has 0 saturated heterocycles. The summed E-state index contributed by atoms with van der Waals surface area (Å²) in [4.78, 5) is 4.34. The summed E-state index contributed by atoms with van der Waals surface area (Å²) in [7, 11) is 0. The van der Waals surface area contributed by atoms with Crippen molar-refractivity contribution in [2.24, 2.45) is 5.73 Å². The van der Waals surface area contributed by atoms with Crippen LogP contribution in [0.3, 0.4) is 0 Å². The summed E-state index contributed by atoms with van der Waals surface area (Å²) in [5, 5.41) is 0. The van der Waals surface area contributed by atoms with Crippen LogP contribution < -0.4 is 5.73 Å². The maximum absolute atomic E-state index is 5.47. The molecule has 0 radical (unpaired) electrons. The van der Waals surface area contributed by atoms with Crippen molar-refractivity contribution >= 4 is 0 Å². The molecule has 2 nitrogen and oxygen atoms in total. The van der Waals surface area contributed by atoms with E-state index in [1.54, 1.807) is 0 Å². The lowest BCUT2D eigenvalue weighted by Crippen LogP contribution is -2.05. The summed E-state index contributed by atoms with van der Waals surface area (Å²) in [5.41, 5.74) is 7.82. The number of nitrogens with two attached hydrogens (primary N) is 1. The average Bonchev–Trinajstić information content (AvgIpc) is 2.06. The van der Waals surface area contributed by atoms with Gasteiger partial charge in [0, 0.05) is 11.9 Å². The summed E-state index contributed by atoms with van der Waals surface area (Å²) in [6.45, 7) is 4.94. The van der Waals surface area contributed by atoms with Gasteiger partial charge >= 0.3 is 0 Å². The molecule has 0 spiro atoms. The summed E-state index contributed by atoms with van der Waals surface area (Å²) in [5.74, 6) is 0.482. The van der Waals surface area contributed by atoms with E-state index in [0.29, 0.717) is 5.92 Å². The quantitative estimate of drug-likeness (QED) is 0.740. The van der Waals surface area contributed by atoms with Crippen LogP contribution in [0.25, 0.3) is 0 Å². The van der Waals surface area contributed by atoms with E-state index in [4.69, 9.17) is 5.73 Å². The molecule has 1 rings (SSSR count). The van der Waals surface area contributed by atoms with Crippen molar-refractivity contribution in [3.8, 4) is 0 Å². The molecule has 0 aliphatic rings. The Balaban J connectivity index is 2.68. The van der Waals surface area contributed by atoms with Gasteiger partial charge in [-0.1, -0.05) is 13.0 Å². The molecule has 2 heteroatoms. The summed E-state index contributed by atoms with van der Waals surface area (Å²) < 4.78 is 0. The van der Waals surface area contributed by atoms with Gasteiger partial charge in [-0.3, -0.25) is 4.98 Å². The Bertz CT molecular complexity index is 228. The first-order valence-corrected chi connectivity index (χ1v) is 4.36. The molecule has 0 aromatic carbocycles. The van der Waals surface area contributed by atoms with Crippen LogP contribution in [0.4, 0.5) is 0 Å². The zero-order valence-electron chi connectivity index (χ0n) is 7.75. The standard InChI is InChI=1S/C10H16N2/c1-8-3-4-10(12-7-8)9(2)5-6-11/h3-4,7,9H,5-6,11H2,1-2H3. The molecule has 0 amide bonds. The fourth-order valence-electron chi connectivity index (χ4n) is 1.17. The van der Waals surface area contributed by atoms with Crippen LogP contribution in [0, 0.1) is 6.92 Å². The lowest BCUT2D eigenvalue weighted by atomic mass is 10.0. The van der Waals surface area contributed by atoms with Crippen molar-refractivity contribution in [3.05, 3.63) is 29.6 Å². The number of aromatic nitrogens is 1. The summed E-state index contributed by atoms with van der Waals surface area (Å²) >= 11 is 0. The predicted molar refractivity (Wildman–Crippen MR) is 51.1 cm³/mol.